The van der Waals surface area contributed by atoms with Gasteiger partial charge in [0.25, 0.3) is 0 Å². The first-order valence-corrected chi connectivity index (χ1v) is 8.63. The Morgan fingerprint density at radius 2 is 1.95 bits per heavy atom. The average molecular weight is 434 g/mol. The van der Waals surface area contributed by atoms with Gasteiger partial charge in [-0.3, -0.25) is 0 Å². The monoisotopic (exact) mass is 431 g/mol. The molecule has 0 aromatic heterocycles. The van der Waals surface area contributed by atoms with Crippen molar-refractivity contribution in [2.45, 2.75) is 19.9 Å². The zero-order valence-electron chi connectivity index (χ0n) is 11.8. The molecule has 1 atom stereocenters. The highest BCUT2D eigenvalue weighted by atomic mass is 79.9. The highest BCUT2D eigenvalue weighted by Crippen LogP contribution is 2.34. The molecule has 0 radical (unpaired) electrons. The molecule has 1 unspecified atom stereocenters. The van der Waals surface area contributed by atoms with E-state index >= 15 is 0 Å². The molecule has 1 N–H and O–H groups in total. The summed E-state index contributed by atoms with van der Waals surface area (Å²) < 4.78 is 7.78. The Bertz CT molecular complexity index is 634. The molecule has 0 saturated heterocycles. The van der Waals surface area contributed by atoms with E-state index in [2.05, 4.69) is 57.1 Å². The van der Waals surface area contributed by atoms with Crippen LogP contribution in [0.5, 0.6) is 11.5 Å². The van der Waals surface area contributed by atoms with E-state index in [4.69, 9.17) is 16.3 Å². The van der Waals surface area contributed by atoms with Gasteiger partial charge in [-0.1, -0.05) is 56.5 Å². The van der Waals surface area contributed by atoms with Gasteiger partial charge in [0.2, 0.25) is 0 Å². The minimum Gasteiger partial charge on any atom is -0.456 e. The number of nitrogens with one attached hydrogen (secondary N) is 1. The summed E-state index contributed by atoms with van der Waals surface area (Å²) in [7, 11) is 0. The lowest BCUT2D eigenvalue weighted by atomic mass is 10.1. The van der Waals surface area contributed by atoms with E-state index in [9.17, 15) is 0 Å². The van der Waals surface area contributed by atoms with Gasteiger partial charge in [0.05, 0.1) is 5.02 Å². The van der Waals surface area contributed by atoms with Crippen LogP contribution in [0.15, 0.2) is 45.3 Å². The van der Waals surface area contributed by atoms with Crippen LogP contribution in [0.2, 0.25) is 5.02 Å². The number of benzene rings is 2. The molecule has 2 rings (SSSR count). The number of halogens is 3. The summed E-state index contributed by atoms with van der Waals surface area (Å²) in [5, 5.41) is 3.96. The van der Waals surface area contributed by atoms with E-state index in [-0.39, 0.29) is 6.04 Å². The molecular formula is C16H16Br2ClNO. The summed E-state index contributed by atoms with van der Waals surface area (Å²) in [5.74, 6) is 1.39. The Kier molecular flexibility index (Phi) is 6.11. The quantitative estimate of drug-likeness (QED) is 0.595. The molecule has 2 aromatic rings. The van der Waals surface area contributed by atoms with Gasteiger partial charge in [0.15, 0.2) is 0 Å². The number of hydrogen-bond acceptors (Lipinski definition) is 2. The first kappa shape index (κ1) is 16.8. The molecule has 0 amide bonds. The van der Waals surface area contributed by atoms with Crippen molar-refractivity contribution >= 4 is 43.5 Å². The van der Waals surface area contributed by atoms with Crippen LogP contribution >= 0.6 is 43.5 Å². The fourth-order valence-electron chi connectivity index (χ4n) is 2.02. The average Bonchev–Trinajstić information content (AvgIpc) is 2.42. The van der Waals surface area contributed by atoms with Crippen molar-refractivity contribution < 1.29 is 4.74 Å². The lowest BCUT2D eigenvalue weighted by molar-refractivity contribution is 0.481. The zero-order valence-corrected chi connectivity index (χ0v) is 15.7. The number of rotatable bonds is 5. The normalized spacial score (nSPS) is 12.2. The molecule has 0 aliphatic heterocycles. The third-order valence-electron chi connectivity index (χ3n) is 3.07. The van der Waals surface area contributed by atoms with Gasteiger partial charge in [-0.25, -0.2) is 0 Å². The van der Waals surface area contributed by atoms with Crippen molar-refractivity contribution in [3.63, 3.8) is 0 Å². The Hall–Kier alpha value is -0.550. The molecule has 112 valence electrons. The molecule has 0 saturated carbocycles. The molecule has 0 aliphatic carbocycles. The van der Waals surface area contributed by atoms with Crippen molar-refractivity contribution in [1.82, 2.24) is 5.32 Å². The molecule has 2 nitrogen and oxygen atoms in total. The summed E-state index contributed by atoms with van der Waals surface area (Å²) in [6, 6.07) is 11.8. The molecule has 2 aromatic carbocycles. The highest BCUT2D eigenvalue weighted by Gasteiger charge is 2.10. The third kappa shape index (κ3) is 4.46. The number of hydrogen-bond donors (Lipinski definition) is 1. The molecule has 0 heterocycles. The smallest absolute Gasteiger partial charge is 0.146 e. The lowest BCUT2D eigenvalue weighted by Gasteiger charge is -2.16. The minimum atomic E-state index is 0.287. The fraction of sp³-hybridized carbons (Fsp3) is 0.250. The predicted molar refractivity (Wildman–Crippen MR) is 95.5 cm³/mol. The molecule has 0 spiro atoms. The van der Waals surface area contributed by atoms with Gasteiger partial charge in [0.1, 0.15) is 11.5 Å². The Morgan fingerprint density at radius 1 is 1.19 bits per heavy atom. The van der Waals surface area contributed by atoms with Crippen molar-refractivity contribution in [3.05, 3.63) is 55.9 Å². The predicted octanol–water partition coefficient (Wildman–Crippen LogP) is 6.33. The molecule has 5 heteroatoms. The molecule has 0 bridgehead atoms. The Balaban J connectivity index is 2.20. The van der Waals surface area contributed by atoms with Crippen LogP contribution in [-0.4, -0.2) is 6.54 Å². The summed E-state index contributed by atoms with van der Waals surface area (Å²) >= 11 is 13.1. The summed E-state index contributed by atoms with van der Waals surface area (Å²) in [6.45, 7) is 5.16. The second-order valence-corrected chi connectivity index (χ2v) is 6.82. The maximum Gasteiger partial charge on any atom is 0.146 e. The second-order valence-electron chi connectivity index (χ2n) is 4.64. The largest absolute Gasteiger partial charge is 0.456 e. The maximum absolute atomic E-state index is 6.17. The van der Waals surface area contributed by atoms with Crippen LogP contribution in [0, 0.1) is 0 Å². The topological polar surface area (TPSA) is 21.3 Å². The molecular weight excluding hydrogens is 417 g/mol. The number of ether oxygens (including phenoxy) is 1. The lowest BCUT2D eigenvalue weighted by Crippen LogP contribution is -2.17. The SMILES string of the molecule is CCNC(C)c1ccc(Oc2ccc(Br)cc2Cl)cc1Br. The van der Waals surface area contributed by atoms with Crippen molar-refractivity contribution in [3.8, 4) is 11.5 Å². The van der Waals surface area contributed by atoms with Gasteiger partial charge in [0, 0.05) is 15.0 Å². The van der Waals surface area contributed by atoms with Crippen molar-refractivity contribution in [2.24, 2.45) is 0 Å². The Morgan fingerprint density at radius 3 is 2.57 bits per heavy atom. The van der Waals surface area contributed by atoms with Crippen LogP contribution in [0.1, 0.15) is 25.5 Å². The van der Waals surface area contributed by atoms with E-state index in [1.807, 2.05) is 30.3 Å². The van der Waals surface area contributed by atoms with Gasteiger partial charge in [-0.15, -0.1) is 0 Å². The molecule has 0 aliphatic rings. The van der Waals surface area contributed by atoms with E-state index in [1.165, 1.54) is 5.56 Å². The maximum atomic E-state index is 6.17. The highest BCUT2D eigenvalue weighted by molar-refractivity contribution is 9.10. The zero-order chi connectivity index (χ0) is 15.4. The summed E-state index contributed by atoms with van der Waals surface area (Å²) in [5.41, 5.74) is 1.20. The van der Waals surface area contributed by atoms with Crippen LogP contribution in [0.3, 0.4) is 0 Å². The minimum absolute atomic E-state index is 0.287. The van der Waals surface area contributed by atoms with Crippen molar-refractivity contribution in [1.29, 1.82) is 0 Å². The standard InChI is InChI=1S/C16H16Br2ClNO/c1-3-20-10(2)13-6-5-12(9-14(13)18)21-16-7-4-11(17)8-15(16)19/h4-10,20H,3H2,1-2H3. The van der Waals surface area contributed by atoms with Gasteiger partial charge < -0.3 is 10.1 Å². The van der Waals surface area contributed by atoms with Crippen LogP contribution in [-0.2, 0) is 0 Å². The van der Waals surface area contributed by atoms with Crippen molar-refractivity contribution in [2.75, 3.05) is 6.54 Å². The van der Waals surface area contributed by atoms with Gasteiger partial charge in [-0.05, 0) is 49.4 Å². The van der Waals surface area contributed by atoms with E-state index in [1.54, 1.807) is 0 Å². The second kappa shape index (κ2) is 7.63. The molecule has 21 heavy (non-hydrogen) atoms. The first-order valence-electron chi connectivity index (χ1n) is 6.67. The Labute approximate surface area is 147 Å². The van der Waals surface area contributed by atoms with Gasteiger partial charge in [-0.2, -0.15) is 0 Å². The van der Waals surface area contributed by atoms with Crippen LogP contribution in [0.25, 0.3) is 0 Å². The van der Waals surface area contributed by atoms with E-state index in [0.717, 1.165) is 21.2 Å². The van der Waals surface area contributed by atoms with E-state index in [0.29, 0.717) is 10.8 Å². The molecule has 0 fully saturated rings. The summed E-state index contributed by atoms with van der Waals surface area (Å²) in [6.07, 6.45) is 0. The third-order valence-corrected chi connectivity index (χ3v) is 4.55. The van der Waals surface area contributed by atoms with Gasteiger partial charge >= 0.3 is 0 Å². The fourth-order valence-corrected chi connectivity index (χ4v) is 3.44. The van der Waals surface area contributed by atoms with Crippen LogP contribution < -0.4 is 10.1 Å². The first-order chi connectivity index (χ1) is 10.0. The van der Waals surface area contributed by atoms with E-state index < -0.39 is 0 Å². The summed E-state index contributed by atoms with van der Waals surface area (Å²) in [4.78, 5) is 0. The van der Waals surface area contributed by atoms with Crippen LogP contribution in [0.4, 0.5) is 0 Å².